The fourth-order valence-electron chi connectivity index (χ4n) is 1.42. The highest BCUT2D eigenvalue weighted by molar-refractivity contribution is 5.30. The minimum atomic E-state index is -4.49. The normalized spacial score (nSPS) is 15.2. The molecule has 0 saturated carbocycles. The maximum atomic E-state index is 12.5. The lowest BCUT2D eigenvalue weighted by Gasteiger charge is -2.29. The summed E-state index contributed by atoms with van der Waals surface area (Å²) in [6, 6.07) is 0.820. The molecule has 2 N–H and O–H groups in total. The number of aliphatic hydroxyl groups is 1. The number of rotatable bonds is 5. The molecule has 0 spiro atoms. The average Bonchev–Trinajstić information content (AvgIpc) is 2.28. The van der Waals surface area contributed by atoms with Crippen LogP contribution in [0.3, 0.4) is 0 Å². The molecule has 0 aliphatic heterocycles. The van der Waals surface area contributed by atoms with E-state index in [1.807, 2.05) is 6.92 Å². The Bertz CT molecular complexity index is 397. The molecule has 0 amide bonds. The molecule has 7 heteroatoms. The summed E-state index contributed by atoms with van der Waals surface area (Å²) in [7, 11) is 0. The number of nitrogens with one attached hydrogen (secondary N) is 1. The Kier molecular flexibility index (Phi) is 4.50. The summed E-state index contributed by atoms with van der Waals surface area (Å²) in [4.78, 5) is 7.19. The van der Waals surface area contributed by atoms with Gasteiger partial charge in [-0.15, -0.1) is 0 Å². The van der Waals surface area contributed by atoms with Gasteiger partial charge in [0, 0.05) is 18.3 Å². The Morgan fingerprint density at radius 3 is 2.56 bits per heavy atom. The fourth-order valence-corrected chi connectivity index (χ4v) is 1.42. The first-order valence-electron chi connectivity index (χ1n) is 5.60. The van der Waals surface area contributed by atoms with E-state index in [-0.39, 0.29) is 12.6 Å². The van der Waals surface area contributed by atoms with Gasteiger partial charge in [0.25, 0.3) is 0 Å². The van der Waals surface area contributed by atoms with Crippen LogP contribution < -0.4 is 5.32 Å². The minimum Gasteiger partial charge on any atom is -0.396 e. The lowest BCUT2D eigenvalue weighted by molar-refractivity contribution is -0.141. The van der Waals surface area contributed by atoms with E-state index >= 15 is 0 Å². The van der Waals surface area contributed by atoms with E-state index in [0.717, 1.165) is 12.3 Å². The van der Waals surface area contributed by atoms with Crippen LogP contribution in [-0.2, 0) is 6.18 Å². The molecule has 1 rings (SSSR count). The number of hydrogen-bond acceptors (Lipinski definition) is 4. The van der Waals surface area contributed by atoms with Gasteiger partial charge in [-0.2, -0.15) is 13.2 Å². The van der Waals surface area contributed by atoms with Crippen molar-refractivity contribution in [3.63, 3.8) is 0 Å². The van der Waals surface area contributed by atoms with Crippen molar-refractivity contribution in [2.75, 3.05) is 11.9 Å². The number of anilines is 1. The summed E-state index contributed by atoms with van der Waals surface area (Å²) in [5.41, 5.74) is -1.51. The highest BCUT2D eigenvalue weighted by Crippen LogP contribution is 2.28. The van der Waals surface area contributed by atoms with Gasteiger partial charge < -0.3 is 10.4 Å². The maximum absolute atomic E-state index is 12.5. The molecule has 1 heterocycles. The molecular formula is C11H16F3N3O. The lowest BCUT2D eigenvalue weighted by atomic mass is 9.95. The maximum Gasteiger partial charge on any atom is 0.433 e. The zero-order valence-corrected chi connectivity index (χ0v) is 10.3. The molecular weight excluding hydrogens is 247 g/mol. The van der Waals surface area contributed by atoms with Gasteiger partial charge in [-0.3, -0.25) is 0 Å². The largest absolute Gasteiger partial charge is 0.433 e. The van der Waals surface area contributed by atoms with E-state index in [1.54, 1.807) is 6.92 Å². The SMILES string of the molecule is CCC(C)(CCO)Nc1nccc(C(F)(F)F)n1. The van der Waals surface area contributed by atoms with Gasteiger partial charge in [0.1, 0.15) is 5.69 Å². The predicted molar refractivity (Wildman–Crippen MR) is 61.1 cm³/mol. The summed E-state index contributed by atoms with van der Waals surface area (Å²) >= 11 is 0. The molecule has 1 aromatic rings. The van der Waals surface area contributed by atoms with Crippen molar-refractivity contribution in [3.05, 3.63) is 18.0 Å². The van der Waals surface area contributed by atoms with Crippen molar-refractivity contribution in [1.29, 1.82) is 0 Å². The number of halogens is 3. The van der Waals surface area contributed by atoms with Gasteiger partial charge >= 0.3 is 6.18 Å². The van der Waals surface area contributed by atoms with Crippen LogP contribution in [0.25, 0.3) is 0 Å². The molecule has 0 bridgehead atoms. The third kappa shape index (κ3) is 3.83. The van der Waals surface area contributed by atoms with Crippen LogP contribution in [0.2, 0.25) is 0 Å². The van der Waals surface area contributed by atoms with Crippen molar-refractivity contribution in [3.8, 4) is 0 Å². The highest BCUT2D eigenvalue weighted by atomic mass is 19.4. The Morgan fingerprint density at radius 2 is 2.06 bits per heavy atom. The smallest absolute Gasteiger partial charge is 0.396 e. The molecule has 1 aromatic heterocycles. The minimum absolute atomic E-state index is 0.0592. The third-order valence-corrected chi connectivity index (χ3v) is 2.80. The highest BCUT2D eigenvalue weighted by Gasteiger charge is 2.33. The number of nitrogens with zero attached hydrogens (tertiary/aromatic N) is 2. The molecule has 4 nitrogen and oxygen atoms in total. The van der Waals surface area contributed by atoms with Gasteiger partial charge in [-0.25, -0.2) is 9.97 Å². The van der Waals surface area contributed by atoms with Crippen LogP contribution in [0, 0.1) is 0 Å². The van der Waals surface area contributed by atoms with E-state index in [2.05, 4.69) is 15.3 Å². The zero-order chi connectivity index (χ0) is 13.8. The summed E-state index contributed by atoms with van der Waals surface area (Å²) in [6.07, 6.45) is -2.39. The summed E-state index contributed by atoms with van der Waals surface area (Å²) in [5, 5.41) is 11.8. The average molecular weight is 263 g/mol. The standard InChI is InChI=1S/C11H16F3N3O/c1-3-10(2,5-7-18)17-9-15-6-4-8(16-9)11(12,13)14/h4,6,18H,3,5,7H2,1-2H3,(H,15,16,17). The molecule has 18 heavy (non-hydrogen) atoms. The summed E-state index contributed by atoms with van der Waals surface area (Å²) in [5.74, 6) is -0.0809. The molecule has 0 aliphatic rings. The monoisotopic (exact) mass is 263 g/mol. The molecule has 1 atom stereocenters. The van der Waals surface area contributed by atoms with Gasteiger partial charge in [-0.1, -0.05) is 6.92 Å². The van der Waals surface area contributed by atoms with Crippen molar-refractivity contribution in [1.82, 2.24) is 9.97 Å². The van der Waals surface area contributed by atoms with Gasteiger partial charge in [0.2, 0.25) is 5.95 Å². The predicted octanol–water partition coefficient (Wildman–Crippen LogP) is 2.46. The van der Waals surface area contributed by atoms with Crippen LogP contribution in [0.5, 0.6) is 0 Å². The van der Waals surface area contributed by atoms with Crippen LogP contribution >= 0.6 is 0 Å². The van der Waals surface area contributed by atoms with E-state index in [0.29, 0.717) is 12.8 Å². The summed E-state index contributed by atoms with van der Waals surface area (Å²) in [6.45, 7) is 3.61. The number of hydrogen-bond donors (Lipinski definition) is 2. The summed E-state index contributed by atoms with van der Waals surface area (Å²) < 4.78 is 37.4. The third-order valence-electron chi connectivity index (χ3n) is 2.80. The first-order chi connectivity index (χ1) is 8.30. The van der Waals surface area contributed by atoms with E-state index in [4.69, 9.17) is 5.11 Å². The first kappa shape index (κ1) is 14.7. The molecule has 102 valence electrons. The Morgan fingerprint density at radius 1 is 1.39 bits per heavy atom. The van der Waals surface area contributed by atoms with E-state index in [1.165, 1.54) is 0 Å². The van der Waals surface area contributed by atoms with Crippen molar-refractivity contribution < 1.29 is 18.3 Å². The van der Waals surface area contributed by atoms with Crippen LogP contribution in [0.1, 0.15) is 32.4 Å². The second-order valence-electron chi connectivity index (χ2n) is 4.28. The zero-order valence-electron chi connectivity index (χ0n) is 10.3. The van der Waals surface area contributed by atoms with Gasteiger partial charge in [0.15, 0.2) is 0 Å². The van der Waals surface area contributed by atoms with E-state index in [9.17, 15) is 13.2 Å². The number of alkyl halides is 3. The van der Waals surface area contributed by atoms with E-state index < -0.39 is 17.4 Å². The van der Waals surface area contributed by atoms with Crippen LogP contribution in [-0.4, -0.2) is 27.2 Å². The van der Waals surface area contributed by atoms with Crippen LogP contribution in [0.15, 0.2) is 12.3 Å². The number of aliphatic hydroxyl groups excluding tert-OH is 1. The quantitative estimate of drug-likeness (QED) is 0.856. The second-order valence-corrected chi connectivity index (χ2v) is 4.28. The van der Waals surface area contributed by atoms with Crippen molar-refractivity contribution in [2.24, 2.45) is 0 Å². The van der Waals surface area contributed by atoms with Crippen molar-refractivity contribution in [2.45, 2.75) is 38.4 Å². The topological polar surface area (TPSA) is 58.0 Å². The first-order valence-corrected chi connectivity index (χ1v) is 5.60. The Labute approximate surface area is 103 Å². The Balaban J connectivity index is 2.91. The molecule has 0 radical (unpaired) electrons. The molecule has 0 aromatic carbocycles. The molecule has 1 unspecified atom stereocenters. The molecule has 0 fully saturated rings. The van der Waals surface area contributed by atoms with Crippen LogP contribution in [0.4, 0.5) is 19.1 Å². The Hall–Kier alpha value is -1.37. The second kappa shape index (κ2) is 5.51. The number of aromatic nitrogens is 2. The van der Waals surface area contributed by atoms with Gasteiger partial charge in [-0.05, 0) is 25.8 Å². The lowest BCUT2D eigenvalue weighted by Crippen LogP contribution is -2.36. The fraction of sp³-hybridized carbons (Fsp3) is 0.636. The molecule has 0 aliphatic carbocycles. The van der Waals surface area contributed by atoms with Gasteiger partial charge in [0.05, 0.1) is 0 Å². The molecule has 0 saturated heterocycles. The van der Waals surface area contributed by atoms with Crippen molar-refractivity contribution >= 4 is 5.95 Å².